The third-order valence-corrected chi connectivity index (χ3v) is 1.63. The van der Waals surface area contributed by atoms with E-state index in [2.05, 4.69) is 11.9 Å². The molecule has 0 aliphatic heterocycles. The van der Waals surface area contributed by atoms with Crippen LogP contribution in [0.2, 0.25) is 0 Å². The van der Waals surface area contributed by atoms with Crippen molar-refractivity contribution in [3.63, 3.8) is 0 Å². The number of rotatable bonds is 6. The lowest BCUT2D eigenvalue weighted by atomic mass is 10.1. The van der Waals surface area contributed by atoms with Gasteiger partial charge in [0.15, 0.2) is 0 Å². The Balaban J connectivity index is 4.09. The SMILES string of the molecule is C=CC[C@H](NC(=O)CC(C)C)C(=O)O. The topological polar surface area (TPSA) is 66.4 Å². The molecule has 1 amide bonds. The van der Waals surface area contributed by atoms with E-state index in [1.54, 1.807) is 0 Å². The summed E-state index contributed by atoms with van der Waals surface area (Å²) in [5.41, 5.74) is 0. The van der Waals surface area contributed by atoms with Crippen LogP contribution < -0.4 is 5.32 Å². The van der Waals surface area contributed by atoms with E-state index < -0.39 is 12.0 Å². The largest absolute Gasteiger partial charge is 0.480 e. The molecule has 0 aromatic rings. The first-order chi connectivity index (χ1) is 6.47. The van der Waals surface area contributed by atoms with Crippen LogP contribution in [0, 0.1) is 5.92 Å². The molecule has 0 spiro atoms. The second-order valence-corrected chi connectivity index (χ2v) is 3.58. The summed E-state index contributed by atoms with van der Waals surface area (Å²) in [6.07, 6.45) is 2.08. The van der Waals surface area contributed by atoms with Crippen LogP contribution in [0.4, 0.5) is 0 Å². The molecule has 0 saturated heterocycles. The molecule has 0 aromatic carbocycles. The van der Waals surface area contributed by atoms with E-state index in [9.17, 15) is 9.59 Å². The Morgan fingerprint density at radius 1 is 1.50 bits per heavy atom. The number of carboxylic acids is 1. The van der Waals surface area contributed by atoms with Gasteiger partial charge in [-0.25, -0.2) is 4.79 Å². The monoisotopic (exact) mass is 199 g/mol. The summed E-state index contributed by atoms with van der Waals surface area (Å²) in [6, 6.07) is -0.848. The smallest absolute Gasteiger partial charge is 0.326 e. The Bertz CT molecular complexity index is 223. The highest BCUT2D eigenvalue weighted by molar-refractivity contribution is 5.83. The second kappa shape index (κ2) is 6.18. The van der Waals surface area contributed by atoms with Crippen molar-refractivity contribution in [3.8, 4) is 0 Å². The van der Waals surface area contributed by atoms with Crippen molar-refractivity contribution in [3.05, 3.63) is 12.7 Å². The summed E-state index contributed by atoms with van der Waals surface area (Å²) in [7, 11) is 0. The molecule has 0 bridgehead atoms. The molecule has 0 aliphatic carbocycles. The van der Waals surface area contributed by atoms with Crippen molar-refractivity contribution in [1.82, 2.24) is 5.32 Å². The van der Waals surface area contributed by atoms with E-state index in [1.165, 1.54) is 6.08 Å². The minimum atomic E-state index is -1.03. The van der Waals surface area contributed by atoms with Gasteiger partial charge in [0.2, 0.25) is 5.91 Å². The van der Waals surface area contributed by atoms with E-state index in [-0.39, 0.29) is 18.2 Å². The van der Waals surface area contributed by atoms with Gasteiger partial charge >= 0.3 is 5.97 Å². The first-order valence-electron chi connectivity index (χ1n) is 4.60. The van der Waals surface area contributed by atoms with E-state index >= 15 is 0 Å². The van der Waals surface area contributed by atoms with Crippen LogP contribution in [0.3, 0.4) is 0 Å². The quantitative estimate of drug-likeness (QED) is 0.631. The van der Waals surface area contributed by atoms with Crippen molar-refractivity contribution in [2.24, 2.45) is 5.92 Å². The highest BCUT2D eigenvalue weighted by atomic mass is 16.4. The van der Waals surface area contributed by atoms with Gasteiger partial charge in [0, 0.05) is 6.42 Å². The minimum Gasteiger partial charge on any atom is -0.480 e. The van der Waals surface area contributed by atoms with Crippen LogP contribution in [0.15, 0.2) is 12.7 Å². The molecule has 0 saturated carbocycles. The number of carbonyl (C=O) groups excluding carboxylic acids is 1. The minimum absolute atomic E-state index is 0.228. The Hall–Kier alpha value is -1.32. The van der Waals surface area contributed by atoms with Gasteiger partial charge in [0.1, 0.15) is 6.04 Å². The standard InChI is InChI=1S/C10H17NO3/c1-4-5-8(10(13)14)11-9(12)6-7(2)3/h4,7-8H,1,5-6H2,2-3H3,(H,11,12)(H,13,14)/t8-/m0/s1. The van der Waals surface area contributed by atoms with Crippen molar-refractivity contribution in [2.45, 2.75) is 32.7 Å². The highest BCUT2D eigenvalue weighted by Crippen LogP contribution is 2.00. The van der Waals surface area contributed by atoms with Crippen LogP contribution in [-0.2, 0) is 9.59 Å². The van der Waals surface area contributed by atoms with Crippen molar-refractivity contribution in [1.29, 1.82) is 0 Å². The molecule has 4 nitrogen and oxygen atoms in total. The average Bonchev–Trinajstić information content (AvgIpc) is 2.01. The first-order valence-corrected chi connectivity index (χ1v) is 4.60. The molecule has 80 valence electrons. The molecule has 4 heteroatoms. The molecule has 2 N–H and O–H groups in total. The molecule has 0 heterocycles. The molecule has 1 atom stereocenters. The van der Waals surface area contributed by atoms with Crippen molar-refractivity contribution >= 4 is 11.9 Å². The van der Waals surface area contributed by atoms with Crippen LogP contribution in [0.5, 0.6) is 0 Å². The predicted octanol–water partition coefficient (Wildman–Crippen LogP) is 1.18. The Labute approximate surface area is 84.0 Å². The lowest BCUT2D eigenvalue weighted by Gasteiger charge is -2.13. The summed E-state index contributed by atoms with van der Waals surface area (Å²) in [5.74, 6) is -1.02. The van der Waals surface area contributed by atoms with Crippen LogP contribution in [0.25, 0.3) is 0 Å². The number of amides is 1. The third-order valence-electron chi connectivity index (χ3n) is 1.63. The molecule has 0 unspecified atom stereocenters. The Kier molecular flexibility index (Phi) is 5.60. The molecule has 0 aliphatic rings. The molecule has 0 aromatic heterocycles. The second-order valence-electron chi connectivity index (χ2n) is 3.58. The fourth-order valence-corrected chi connectivity index (χ4v) is 1.01. The highest BCUT2D eigenvalue weighted by Gasteiger charge is 2.18. The summed E-state index contributed by atoms with van der Waals surface area (Å²) >= 11 is 0. The maximum Gasteiger partial charge on any atom is 0.326 e. The number of nitrogens with one attached hydrogen (secondary N) is 1. The zero-order chi connectivity index (χ0) is 11.1. The van der Waals surface area contributed by atoms with Gasteiger partial charge < -0.3 is 10.4 Å². The number of aliphatic carboxylic acids is 1. The van der Waals surface area contributed by atoms with Crippen LogP contribution >= 0.6 is 0 Å². The fraction of sp³-hybridized carbons (Fsp3) is 0.600. The van der Waals surface area contributed by atoms with E-state index in [0.29, 0.717) is 6.42 Å². The van der Waals surface area contributed by atoms with Crippen molar-refractivity contribution < 1.29 is 14.7 Å². The Morgan fingerprint density at radius 2 is 2.07 bits per heavy atom. The summed E-state index contributed by atoms with van der Waals surface area (Å²) in [6.45, 7) is 7.25. The van der Waals surface area contributed by atoms with Gasteiger partial charge in [0.05, 0.1) is 0 Å². The zero-order valence-corrected chi connectivity index (χ0v) is 8.62. The number of hydrogen-bond donors (Lipinski definition) is 2. The third kappa shape index (κ3) is 5.35. The predicted molar refractivity (Wildman–Crippen MR) is 53.8 cm³/mol. The molecular formula is C10H17NO3. The zero-order valence-electron chi connectivity index (χ0n) is 8.62. The molecule has 0 fully saturated rings. The molecule has 0 rings (SSSR count). The molecule has 0 radical (unpaired) electrons. The molecule has 14 heavy (non-hydrogen) atoms. The summed E-state index contributed by atoms with van der Waals surface area (Å²) in [4.78, 5) is 21.9. The van der Waals surface area contributed by atoms with Gasteiger partial charge in [0.25, 0.3) is 0 Å². The van der Waals surface area contributed by atoms with Gasteiger partial charge in [-0.15, -0.1) is 6.58 Å². The fourth-order valence-electron chi connectivity index (χ4n) is 1.01. The Morgan fingerprint density at radius 3 is 2.43 bits per heavy atom. The van der Waals surface area contributed by atoms with Gasteiger partial charge in [-0.05, 0) is 12.3 Å². The number of hydrogen-bond acceptors (Lipinski definition) is 2. The maximum atomic E-state index is 11.2. The number of carbonyl (C=O) groups is 2. The van der Waals surface area contributed by atoms with E-state index in [1.807, 2.05) is 13.8 Å². The normalized spacial score (nSPS) is 12.2. The maximum absolute atomic E-state index is 11.2. The summed E-state index contributed by atoms with van der Waals surface area (Å²) in [5, 5.41) is 11.2. The lowest BCUT2D eigenvalue weighted by molar-refractivity contribution is -0.141. The van der Waals surface area contributed by atoms with Gasteiger partial charge in [-0.1, -0.05) is 19.9 Å². The van der Waals surface area contributed by atoms with Gasteiger partial charge in [-0.2, -0.15) is 0 Å². The molecular weight excluding hydrogens is 182 g/mol. The van der Waals surface area contributed by atoms with E-state index in [0.717, 1.165) is 0 Å². The average molecular weight is 199 g/mol. The number of carboxylic acid groups (broad SMARTS) is 1. The van der Waals surface area contributed by atoms with Crippen LogP contribution in [0.1, 0.15) is 26.7 Å². The van der Waals surface area contributed by atoms with Crippen molar-refractivity contribution in [2.75, 3.05) is 0 Å². The van der Waals surface area contributed by atoms with Crippen LogP contribution in [-0.4, -0.2) is 23.0 Å². The first kappa shape index (κ1) is 12.7. The van der Waals surface area contributed by atoms with Gasteiger partial charge in [-0.3, -0.25) is 4.79 Å². The van der Waals surface area contributed by atoms with E-state index in [4.69, 9.17) is 5.11 Å². The lowest BCUT2D eigenvalue weighted by Crippen LogP contribution is -2.40. The summed E-state index contributed by atoms with van der Waals surface area (Å²) < 4.78 is 0.